The molecule has 1 aromatic carbocycles. The van der Waals surface area contributed by atoms with Gasteiger partial charge in [0.05, 0.1) is 0 Å². The molecule has 24 heavy (non-hydrogen) atoms. The molecule has 0 saturated heterocycles. The Kier molecular flexibility index (Phi) is 6.38. The maximum Gasteiger partial charge on any atom is 0.341 e. The van der Waals surface area contributed by atoms with Crippen molar-refractivity contribution in [2.24, 2.45) is 0 Å². The number of hydrogen-bond acceptors (Lipinski definition) is 4. The molecule has 126 valence electrons. The fourth-order valence-corrected chi connectivity index (χ4v) is 2.63. The van der Waals surface area contributed by atoms with Crippen LogP contribution in [0.25, 0.3) is 6.08 Å². The van der Waals surface area contributed by atoms with Crippen molar-refractivity contribution in [1.82, 2.24) is 5.32 Å². The predicted octanol–water partition coefficient (Wildman–Crippen LogP) is 2.51. The van der Waals surface area contributed by atoms with Crippen LogP contribution in [0.3, 0.4) is 0 Å². The number of aliphatic carboxylic acids is 1. The predicted molar refractivity (Wildman–Crippen MR) is 88.2 cm³/mol. The Hall–Kier alpha value is -2.81. The second-order valence-electron chi connectivity index (χ2n) is 5.73. The molecule has 0 unspecified atom stereocenters. The third kappa shape index (κ3) is 5.43. The van der Waals surface area contributed by atoms with Crippen molar-refractivity contribution in [2.45, 2.75) is 38.1 Å². The Morgan fingerprint density at radius 2 is 1.92 bits per heavy atom. The Morgan fingerprint density at radius 1 is 1.25 bits per heavy atom. The number of amides is 1. The summed E-state index contributed by atoms with van der Waals surface area (Å²) in [7, 11) is 0. The fraction of sp³-hybridized carbons (Fsp3) is 0.389. The summed E-state index contributed by atoms with van der Waals surface area (Å²) in [5.74, 6) is -0.986. The van der Waals surface area contributed by atoms with E-state index in [1.54, 1.807) is 24.3 Å². The van der Waals surface area contributed by atoms with E-state index in [0.717, 1.165) is 25.7 Å². The van der Waals surface area contributed by atoms with Crippen LogP contribution in [0.2, 0.25) is 0 Å². The number of hydrogen-bond donors (Lipinski definition) is 2. The Bertz CT molecular complexity index is 653. The summed E-state index contributed by atoms with van der Waals surface area (Å²) in [6.07, 6.45) is 6.84. The highest BCUT2D eigenvalue weighted by molar-refractivity contribution is 6.01. The number of benzene rings is 1. The van der Waals surface area contributed by atoms with Crippen molar-refractivity contribution >= 4 is 18.0 Å². The molecule has 0 atom stereocenters. The standard InChI is InChI=1S/C18H20N2O4/c19-11-14(18(23)20-15-4-2-1-3-5-15)10-13-6-8-16(9-7-13)24-12-17(21)22/h6-10,15H,1-5,12H2,(H,20,23)(H,21,22)/b14-10+. The van der Waals surface area contributed by atoms with Crippen LogP contribution < -0.4 is 10.1 Å². The number of carbonyl (C=O) groups excluding carboxylic acids is 1. The van der Waals surface area contributed by atoms with Gasteiger partial charge < -0.3 is 15.2 Å². The van der Waals surface area contributed by atoms with Gasteiger partial charge in [0.2, 0.25) is 0 Å². The molecule has 6 nitrogen and oxygen atoms in total. The van der Waals surface area contributed by atoms with Gasteiger partial charge in [-0.2, -0.15) is 5.26 Å². The zero-order valence-corrected chi connectivity index (χ0v) is 13.3. The molecule has 1 aromatic rings. The van der Waals surface area contributed by atoms with E-state index in [0.29, 0.717) is 11.3 Å². The van der Waals surface area contributed by atoms with Gasteiger partial charge in [-0.1, -0.05) is 31.4 Å². The van der Waals surface area contributed by atoms with Gasteiger partial charge in [0.25, 0.3) is 5.91 Å². The summed E-state index contributed by atoms with van der Waals surface area (Å²) >= 11 is 0. The van der Waals surface area contributed by atoms with Gasteiger partial charge in [-0.25, -0.2) is 4.79 Å². The van der Waals surface area contributed by atoms with E-state index in [9.17, 15) is 14.9 Å². The lowest BCUT2D eigenvalue weighted by molar-refractivity contribution is -0.139. The van der Waals surface area contributed by atoms with E-state index in [2.05, 4.69) is 5.32 Å². The molecular formula is C18H20N2O4. The molecule has 0 aliphatic heterocycles. The lowest BCUT2D eigenvalue weighted by atomic mass is 9.95. The third-order valence-electron chi connectivity index (χ3n) is 3.86. The van der Waals surface area contributed by atoms with Gasteiger partial charge in [-0.15, -0.1) is 0 Å². The average molecular weight is 328 g/mol. The lowest BCUT2D eigenvalue weighted by Crippen LogP contribution is -2.36. The summed E-state index contributed by atoms with van der Waals surface area (Å²) in [5.41, 5.74) is 0.729. The molecule has 1 aliphatic carbocycles. The molecule has 0 heterocycles. The molecule has 1 saturated carbocycles. The molecule has 1 aliphatic rings. The first-order valence-electron chi connectivity index (χ1n) is 7.96. The third-order valence-corrected chi connectivity index (χ3v) is 3.86. The second-order valence-corrected chi connectivity index (χ2v) is 5.73. The van der Waals surface area contributed by atoms with Crippen molar-refractivity contribution in [1.29, 1.82) is 5.26 Å². The number of carboxylic acids is 1. The minimum atomic E-state index is -1.05. The molecule has 1 amide bonds. The van der Waals surface area contributed by atoms with Crippen molar-refractivity contribution in [3.63, 3.8) is 0 Å². The van der Waals surface area contributed by atoms with Gasteiger partial charge in [-0.3, -0.25) is 4.79 Å². The first-order chi connectivity index (χ1) is 11.6. The van der Waals surface area contributed by atoms with E-state index in [1.807, 2.05) is 6.07 Å². The number of carboxylic acid groups (broad SMARTS) is 1. The number of nitrogens with zero attached hydrogens (tertiary/aromatic N) is 1. The number of carbonyl (C=O) groups is 2. The second kappa shape index (κ2) is 8.73. The maximum absolute atomic E-state index is 12.2. The van der Waals surface area contributed by atoms with Gasteiger partial charge >= 0.3 is 5.97 Å². The molecule has 0 radical (unpaired) electrons. The van der Waals surface area contributed by atoms with Crippen LogP contribution in [-0.4, -0.2) is 29.6 Å². The quantitative estimate of drug-likeness (QED) is 0.617. The summed E-state index contributed by atoms with van der Waals surface area (Å²) in [6.45, 7) is -0.414. The van der Waals surface area contributed by atoms with Gasteiger partial charge in [0.1, 0.15) is 17.4 Å². The van der Waals surface area contributed by atoms with Gasteiger partial charge in [0.15, 0.2) is 6.61 Å². The number of ether oxygens (including phenoxy) is 1. The van der Waals surface area contributed by atoms with E-state index in [1.165, 1.54) is 12.5 Å². The zero-order chi connectivity index (χ0) is 17.4. The molecule has 2 N–H and O–H groups in total. The minimum Gasteiger partial charge on any atom is -0.482 e. The van der Waals surface area contributed by atoms with Crippen LogP contribution in [0.5, 0.6) is 5.75 Å². The van der Waals surface area contributed by atoms with E-state index >= 15 is 0 Å². The van der Waals surface area contributed by atoms with Crippen LogP contribution in [0.15, 0.2) is 29.8 Å². The monoisotopic (exact) mass is 328 g/mol. The fourth-order valence-electron chi connectivity index (χ4n) is 2.63. The van der Waals surface area contributed by atoms with Crippen LogP contribution in [0.4, 0.5) is 0 Å². The highest BCUT2D eigenvalue weighted by Gasteiger charge is 2.18. The first-order valence-corrected chi connectivity index (χ1v) is 7.96. The topological polar surface area (TPSA) is 99.4 Å². The summed E-state index contributed by atoms with van der Waals surface area (Å²) in [6, 6.07) is 8.62. The van der Waals surface area contributed by atoms with Crippen molar-refractivity contribution < 1.29 is 19.4 Å². The molecule has 2 rings (SSSR count). The summed E-state index contributed by atoms with van der Waals surface area (Å²) < 4.78 is 5.04. The van der Waals surface area contributed by atoms with Crippen LogP contribution >= 0.6 is 0 Å². The zero-order valence-electron chi connectivity index (χ0n) is 13.3. The minimum absolute atomic E-state index is 0.0553. The smallest absolute Gasteiger partial charge is 0.341 e. The highest BCUT2D eigenvalue weighted by atomic mass is 16.5. The molecule has 6 heteroatoms. The van der Waals surface area contributed by atoms with E-state index in [4.69, 9.17) is 9.84 Å². The molecule has 0 spiro atoms. The molecule has 1 fully saturated rings. The van der Waals surface area contributed by atoms with Crippen LogP contribution in [-0.2, 0) is 9.59 Å². The van der Waals surface area contributed by atoms with Crippen molar-refractivity contribution in [2.75, 3.05) is 6.61 Å². The largest absolute Gasteiger partial charge is 0.482 e. The van der Waals surface area contributed by atoms with Crippen LogP contribution in [0.1, 0.15) is 37.7 Å². The lowest BCUT2D eigenvalue weighted by Gasteiger charge is -2.22. The number of rotatable bonds is 6. The summed E-state index contributed by atoms with van der Waals surface area (Å²) in [5, 5.41) is 20.7. The Labute approximate surface area is 140 Å². The maximum atomic E-state index is 12.2. The van der Waals surface area contributed by atoms with Gasteiger partial charge in [-0.05, 0) is 36.6 Å². The molecule has 0 aromatic heterocycles. The SMILES string of the molecule is N#C/C(=C\c1ccc(OCC(=O)O)cc1)C(=O)NC1CCCCC1. The number of nitriles is 1. The van der Waals surface area contributed by atoms with Gasteiger partial charge in [0, 0.05) is 6.04 Å². The van der Waals surface area contributed by atoms with E-state index < -0.39 is 12.6 Å². The highest BCUT2D eigenvalue weighted by Crippen LogP contribution is 2.18. The molecular weight excluding hydrogens is 308 g/mol. The number of nitrogens with one attached hydrogen (secondary N) is 1. The first kappa shape index (κ1) is 17.5. The van der Waals surface area contributed by atoms with E-state index in [-0.39, 0.29) is 17.5 Å². The molecule has 0 bridgehead atoms. The summed E-state index contributed by atoms with van der Waals surface area (Å²) in [4.78, 5) is 22.6. The van der Waals surface area contributed by atoms with Crippen molar-refractivity contribution in [3.05, 3.63) is 35.4 Å². The Morgan fingerprint density at radius 3 is 2.50 bits per heavy atom. The van der Waals surface area contributed by atoms with Crippen molar-refractivity contribution in [3.8, 4) is 11.8 Å². The normalized spacial score (nSPS) is 15.4. The average Bonchev–Trinajstić information content (AvgIpc) is 2.59. The Balaban J connectivity index is 1.99. The van der Waals surface area contributed by atoms with Crippen LogP contribution in [0, 0.1) is 11.3 Å².